The Morgan fingerprint density at radius 3 is 2.62 bits per heavy atom. The summed E-state index contributed by atoms with van der Waals surface area (Å²) in [4.78, 5) is 4.29. The zero-order valence-electron chi connectivity index (χ0n) is 9.56. The maximum Gasteiger partial charge on any atom is 0.149 e. The lowest BCUT2D eigenvalue weighted by atomic mass is 10.1. The first-order valence-electron chi connectivity index (χ1n) is 5.29. The molecule has 0 aliphatic heterocycles. The molecule has 0 radical (unpaired) electrons. The summed E-state index contributed by atoms with van der Waals surface area (Å²) in [5, 5.41) is 1.34. The molecule has 0 amide bonds. The van der Waals surface area contributed by atoms with E-state index in [0.717, 1.165) is 23.2 Å². The van der Waals surface area contributed by atoms with Crippen LogP contribution in [0.5, 0.6) is 0 Å². The monoisotopic (exact) mass is 237 g/mol. The first-order valence-corrected chi connectivity index (χ1v) is 5.67. The smallest absolute Gasteiger partial charge is 0.149 e. The predicted molar refractivity (Wildman–Crippen MR) is 65.6 cm³/mol. The fourth-order valence-corrected chi connectivity index (χ4v) is 2.40. The Hall–Kier alpha value is -1.15. The molecule has 0 spiro atoms. The molecule has 0 unspecified atom stereocenters. The summed E-state index contributed by atoms with van der Waals surface area (Å²) in [6.45, 7) is 5.74. The van der Waals surface area contributed by atoms with Gasteiger partial charge in [-0.05, 0) is 43.5 Å². The number of aryl methyl sites for hydroxylation is 2. The van der Waals surface area contributed by atoms with E-state index in [-0.39, 0.29) is 5.82 Å². The number of pyridine rings is 1. The minimum Gasteiger partial charge on any atom is -0.250 e. The molecule has 0 atom stereocenters. The molecule has 1 aromatic heterocycles. The molecule has 0 saturated carbocycles. The van der Waals surface area contributed by atoms with Gasteiger partial charge in [0.1, 0.15) is 11.3 Å². The van der Waals surface area contributed by atoms with Crippen LogP contribution in [-0.2, 0) is 6.42 Å². The van der Waals surface area contributed by atoms with Crippen molar-refractivity contribution in [3.8, 4) is 0 Å². The minimum absolute atomic E-state index is 0.303. The number of aromatic nitrogens is 1. The van der Waals surface area contributed by atoms with E-state index in [4.69, 9.17) is 11.6 Å². The van der Waals surface area contributed by atoms with Crippen molar-refractivity contribution < 1.29 is 4.39 Å². The first kappa shape index (κ1) is 11.3. The highest BCUT2D eigenvalue weighted by molar-refractivity contribution is 6.36. The van der Waals surface area contributed by atoms with Crippen molar-refractivity contribution >= 4 is 22.5 Å². The van der Waals surface area contributed by atoms with Crippen LogP contribution in [0.15, 0.2) is 12.1 Å². The normalized spacial score (nSPS) is 11.1. The zero-order chi connectivity index (χ0) is 11.9. The number of hydrogen-bond acceptors (Lipinski definition) is 1. The number of benzene rings is 1. The summed E-state index contributed by atoms with van der Waals surface area (Å²) in [7, 11) is 0. The highest BCUT2D eigenvalue weighted by Gasteiger charge is 2.12. The molecular formula is C13H13ClFN. The average molecular weight is 238 g/mol. The van der Waals surface area contributed by atoms with E-state index < -0.39 is 0 Å². The number of fused-ring (bicyclic) bond motifs is 1. The Morgan fingerprint density at radius 1 is 1.31 bits per heavy atom. The van der Waals surface area contributed by atoms with Gasteiger partial charge in [-0.25, -0.2) is 9.37 Å². The maximum atomic E-state index is 13.7. The van der Waals surface area contributed by atoms with E-state index in [1.165, 1.54) is 6.07 Å². The second kappa shape index (κ2) is 4.02. The van der Waals surface area contributed by atoms with Crippen LogP contribution in [0.2, 0.25) is 5.02 Å². The van der Waals surface area contributed by atoms with E-state index in [1.54, 1.807) is 0 Å². The highest BCUT2D eigenvalue weighted by atomic mass is 35.5. The van der Waals surface area contributed by atoms with Crippen LogP contribution in [-0.4, -0.2) is 4.98 Å². The highest BCUT2D eigenvalue weighted by Crippen LogP contribution is 2.30. The Kier molecular flexibility index (Phi) is 2.85. The van der Waals surface area contributed by atoms with Crippen LogP contribution in [0.3, 0.4) is 0 Å². The Morgan fingerprint density at radius 2 is 2.00 bits per heavy atom. The Labute approximate surface area is 99.3 Å². The molecule has 0 fully saturated rings. The molecule has 0 aliphatic carbocycles. The summed E-state index contributed by atoms with van der Waals surface area (Å²) in [6.07, 6.45) is 0.809. The fourth-order valence-electron chi connectivity index (χ4n) is 1.98. The molecule has 84 valence electrons. The van der Waals surface area contributed by atoms with Gasteiger partial charge >= 0.3 is 0 Å². The van der Waals surface area contributed by atoms with Gasteiger partial charge in [0.2, 0.25) is 0 Å². The molecule has 1 aromatic carbocycles. The molecule has 0 aliphatic rings. The fraction of sp³-hybridized carbons (Fsp3) is 0.308. The van der Waals surface area contributed by atoms with Crippen molar-refractivity contribution in [3.05, 3.63) is 39.8 Å². The van der Waals surface area contributed by atoms with Gasteiger partial charge in [-0.3, -0.25) is 0 Å². The van der Waals surface area contributed by atoms with E-state index in [0.29, 0.717) is 15.9 Å². The number of hydrogen-bond donors (Lipinski definition) is 0. The van der Waals surface area contributed by atoms with Gasteiger partial charge in [0.05, 0.1) is 5.02 Å². The second-order valence-corrected chi connectivity index (χ2v) is 4.36. The van der Waals surface area contributed by atoms with Crippen molar-refractivity contribution in [2.75, 3.05) is 0 Å². The molecule has 0 bridgehead atoms. The third-order valence-corrected chi connectivity index (χ3v) is 3.21. The van der Waals surface area contributed by atoms with Crippen molar-refractivity contribution in [1.82, 2.24) is 4.98 Å². The number of nitrogens with zero attached hydrogens (tertiary/aromatic N) is 1. The Bertz CT molecular complexity index is 564. The third-order valence-electron chi connectivity index (χ3n) is 2.78. The van der Waals surface area contributed by atoms with Crippen molar-refractivity contribution in [2.24, 2.45) is 0 Å². The van der Waals surface area contributed by atoms with Crippen LogP contribution >= 0.6 is 11.6 Å². The molecule has 0 saturated heterocycles. The summed E-state index contributed by atoms with van der Waals surface area (Å²) in [5.41, 5.74) is 3.03. The largest absolute Gasteiger partial charge is 0.250 e. The van der Waals surface area contributed by atoms with Crippen molar-refractivity contribution in [1.29, 1.82) is 0 Å². The molecule has 16 heavy (non-hydrogen) atoms. The van der Waals surface area contributed by atoms with Crippen LogP contribution in [0, 0.1) is 19.7 Å². The van der Waals surface area contributed by atoms with Gasteiger partial charge in [-0.15, -0.1) is 0 Å². The number of halogens is 2. The van der Waals surface area contributed by atoms with Gasteiger partial charge in [0.15, 0.2) is 0 Å². The Balaban J connectivity index is 2.93. The van der Waals surface area contributed by atoms with Gasteiger partial charge in [0.25, 0.3) is 0 Å². The van der Waals surface area contributed by atoms with Gasteiger partial charge in [-0.1, -0.05) is 18.5 Å². The molecule has 1 nitrogen and oxygen atoms in total. The molecule has 2 aromatic rings. The SMILES string of the molecule is CCc1c(C)nc2c(F)cc(C)cc2c1Cl. The van der Waals surface area contributed by atoms with E-state index in [2.05, 4.69) is 4.98 Å². The standard InChI is InChI=1S/C13H13ClFN/c1-4-9-8(3)16-13-10(12(9)14)5-7(2)6-11(13)15/h5-6H,4H2,1-3H3. The van der Waals surface area contributed by atoms with Crippen LogP contribution in [0.4, 0.5) is 4.39 Å². The third kappa shape index (κ3) is 1.67. The van der Waals surface area contributed by atoms with Crippen LogP contribution < -0.4 is 0 Å². The molecule has 1 heterocycles. The average Bonchev–Trinajstić information content (AvgIpc) is 2.21. The molecular weight excluding hydrogens is 225 g/mol. The minimum atomic E-state index is -0.303. The lowest BCUT2D eigenvalue weighted by molar-refractivity contribution is 0.635. The zero-order valence-corrected chi connectivity index (χ0v) is 10.3. The molecule has 2 rings (SSSR count). The lowest BCUT2D eigenvalue weighted by Crippen LogP contribution is -1.97. The molecule has 0 N–H and O–H groups in total. The van der Waals surface area contributed by atoms with Gasteiger partial charge in [-0.2, -0.15) is 0 Å². The topological polar surface area (TPSA) is 12.9 Å². The second-order valence-electron chi connectivity index (χ2n) is 3.99. The summed E-state index contributed by atoms with van der Waals surface area (Å²) < 4.78 is 13.7. The first-order chi connectivity index (χ1) is 7.54. The quantitative estimate of drug-likeness (QED) is 0.724. The summed E-state index contributed by atoms with van der Waals surface area (Å²) >= 11 is 6.28. The van der Waals surface area contributed by atoms with Crippen molar-refractivity contribution in [2.45, 2.75) is 27.2 Å². The summed E-state index contributed by atoms with van der Waals surface area (Å²) in [6, 6.07) is 3.36. The lowest BCUT2D eigenvalue weighted by Gasteiger charge is -2.10. The van der Waals surface area contributed by atoms with E-state index in [9.17, 15) is 4.39 Å². The maximum absolute atomic E-state index is 13.7. The van der Waals surface area contributed by atoms with Crippen LogP contribution in [0.1, 0.15) is 23.7 Å². The van der Waals surface area contributed by atoms with Crippen LogP contribution in [0.25, 0.3) is 10.9 Å². The predicted octanol–water partition coefficient (Wildman–Crippen LogP) is 4.21. The van der Waals surface area contributed by atoms with Crippen molar-refractivity contribution in [3.63, 3.8) is 0 Å². The molecule has 3 heteroatoms. The van der Waals surface area contributed by atoms with E-state index >= 15 is 0 Å². The number of rotatable bonds is 1. The van der Waals surface area contributed by atoms with E-state index in [1.807, 2.05) is 26.8 Å². The summed E-state index contributed by atoms with van der Waals surface area (Å²) in [5.74, 6) is -0.303. The van der Waals surface area contributed by atoms with Gasteiger partial charge in [0, 0.05) is 11.1 Å². The van der Waals surface area contributed by atoms with Gasteiger partial charge < -0.3 is 0 Å².